The normalized spacial score (nSPS) is 8.43. The Bertz CT molecular complexity index is 57.8. The van der Waals surface area contributed by atoms with Crippen LogP contribution in [0.5, 0.6) is 0 Å². The summed E-state index contributed by atoms with van der Waals surface area (Å²) in [5.41, 5.74) is 0. The molecule has 0 aliphatic carbocycles. The molecule has 7 heteroatoms. The van der Waals surface area contributed by atoms with Crippen LogP contribution in [0.25, 0.3) is 0 Å². The minimum absolute atomic E-state index is 0. The van der Waals surface area contributed by atoms with E-state index in [2.05, 4.69) is 0 Å². The molecule has 0 rings (SSSR count). The molecule has 0 aromatic heterocycles. The van der Waals surface area contributed by atoms with Gasteiger partial charge in [-0.3, -0.25) is 4.57 Å². The fraction of sp³-hybridized carbons (Fsp3) is 0. The maximum Gasteiger partial charge on any atom is 2.00 e. The van der Waals surface area contributed by atoms with Gasteiger partial charge in [-0.1, -0.05) is 0 Å². The zero-order valence-electron chi connectivity index (χ0n) is 3.24. The van der Waals surface area contributed by atoms with Gasteiger partial charge in [-0.15, -0.1) is 0 Å². The number of phosphoric acid groups is 1. The second kappa shape index (κ2) is 5.46. The Hall–Kier alpha value is 1.32. The van der Waals surface area contributed by atoms with Crippen LogP contribution >= 0.6 is 7.82 Å². The summed E-state index contributed by atoms with van der Waals surface area (Å²) in [5.74, 6) is 0. The summed E-state index contributed by atoms with van der Waals surface area (Å²) in [6.45, 7) is 0. The molecule has 0 saturated heterocycles. The molecule has 7 heavy (non-hydrogen) atoms. The number of halogens is 1. The van der Waals surface area contributed by atoms with Crippen LogP contribution in [0.4, 0.5) is 0 Å². The van der Waals surface area contributed by atoms with Gasteiger partial charge in [0.05, 0.1) is 0 Å². The zero-order valence-corrected chi connectivity index (χ0v) is 8.93. The Labute approximate surface area is 66.7 Å². The SMILES string of the molecule is O=P([O-])(O)O.[Cd+2].[Cl-]. The predicted octanol–water partition coefficient (Wildman–Crippen LogP) is -4.56. The molecule has 0 aliphatic heterocycles. The van der Waals surface area contributed by atoms with Crippen LogP contribution in [-0.2, 0) is 31.9 Å². The van der Waals surface area contributed by atoms with Crippen molar-refractivity contribution in [1.29, 1.82) is 0 Å². The molecule has 0 saturated carbocycles. The quantitative estimate of drug-likeness (QED) is 0.332. The fourth-order valence-electron chi connectivity index (χ4n) is 0. The van der Waals surface area contributed by atoms with Crippen LogP contribution in [0.1, 0.15) is 0 Å². The molecule has 0 atom stereocenters. The molecule has 0 radical (unpaired) electrons. The van der Waals surface area contributed by atoms with E-state index in [1.807, 2.05) is 0 Å². The van der Waals surface area contributed by atoms with E-state index in [0.717, 1.165) is 0 Å². The number of rotatable bonds is 0. The second-order valence-electron chi connectivity index (χ2n) is 0.491. The molecule has 0 unspecified atom stereocenters. The Kier molecular flexibility index (Phi) is 12.3. The van der Waals surface area contributed by atoms with Gasteiger partial charge >= 0.3 is 27.3 Å². The van der Waals surface area contributed by atoms with Crippen LogP contribution in [0.2, 0.25) is 0 Å². The Morgan fingerprint density at radius 3 is 1.43 bits per heavy atom. The molecule has 0 aliphatic rings. The second-order valence-corrected chi connectivity index (χ2v) is 1.47. The van der Waals surface area contributed by atoms with Crippen molar-refractivity contribution in [3.63, 3.8) is 0 Å². The van der Waals surface area contributed by atoms with E-state index in [4.69, 9.17) is 19.2 Å². The van der Waals surface area contributed by atoms with Crippen LogP contribution in [0.3, 0.4) is 0 Å². The van der Waals surface area contributed by atoms with E-state index < -0.39 is 7.82 Å². The van der Waals surface area contributed by atoms with E-state index in [9.17, 15) is 0 Å². The van der Waals surface area contributed by atoms with Gasteiger partial charge in [-0.25, -0.2) is 0 Å². The molecular formula is H2CdClO4P. The Morgan fingerprint density at radius 1 is 1.43 bits per heavy atom. The van der Waals surface area contributed by atoms with Gasteiger partial charge in [0.15, 0.2) is 0 Å². The summed E-state index contributed by atoms with van der Waals surface area (Å²) in [6.07, 6.45) is 0. The summed E-state index contributed by atoms with van der Waals surface area (Å²) in [6, 6.07) is 0. The summed E-state index contributed by atoms with van der Waals surface area (Å²) in [4.78, 5) is 22.9. The van der Waals surface area contributed by atoms with Gasteiger partial charge < -0.3 is 27.1 Å². The van der Waals surface area contributed by atoms with Crippen LogP contribution in [-0.4, -0.2) is 9.79 Å². The third kappa shape index (κ3) is 119. The van der Waals surface area contributed by atoms with Crippen molar-refractivity contribution in [3.05, 3.63) is 0 Å². The van der Waals surface area contributed by atoms with E-state index in [1.165, 1.54) is 0 Å². The molecule has 0 aromatic carbocycles. The zero-order chi connectivity index (χ0) is 4.50. The number of hydrogen-bond donors (Lipinski definition) is 2. The first-order valence-corrected chi connectivity index (χ1v) is 2.30. The maximum atomic E-state index is 8.77. The molecule has 0 amide bonds. The van der Waals surface area contributed by atoms with Crippen molar-refractivity contribution in [2.45, 2.75) is 0 Å². The summed E-state index contributed by atoms with van der Waals surface area (Å²) >= 11 is 0. The monoisotopic (exact) mass is 246 g/mol. The van der Waals surface area contributed by atoms with Crippen LogP contribution < -0.4 is 17.3 Å². The van der Waals surface area contributed by atoms with Crippen molar-refractivity contribution in [3.8, 4) is 0 Å². The van der Waals surface area contributed by atoms with Crippen molar-refractivity contribution >= 4 is 7.82 Å². The molecule has 0 fully saturated rings. The van der Waals surface area contributed by atoms with Gasteiger partial charge in [0, 0.05) is 0 Å². The third-order valence-electron chi connectivity index (χ3n) is 0. The molecule has 2 N–H and O–H groups in total. The average molecular weight is 245 g/mol. The molecule has 0 bridgehead atoms. The third-order valence-corrected chi connectivity index (χ3v) is 0. The molecule has 0 aromatic rings. The van der Waals surface area contributed by atoms with E-state index >= 15 is 0 Å². The molecule has 4 nitrogen and oxygen atoms in total. The number of hydrogen-bond acceptors (Lipinski definition) is 2. The largest absolute Gasteiger partial charge is 2.00 e. The molecular weight excluding hydrogens is 243 g/mol. The predicted molar refractivity (Wildman–Crippen MR) is 12.0 cm³/mol. The van der Waals surface area contributed by atoms with E-state index in [-0.39, 0.29) is 39.7 Å². The van der Waals surface area contributed by atoms with Gasteiger partial charge in [-0.05, 0) is 0 Å². The Balaban J connectivity index is -0.0000000800. The molecule has 0 heterocycles. The molecule has 40 valence electrons. The maximum absolute atomic E-state index is 8.77. The van der Waals surface area contributed by atoms with Gasteiger partial charge in [-0.2, -0.15) is 0 Å². The summed E-state index contributed by atoms with van der Waals surface area (Å²) in [7, 11) is -4.89. The van der Waals surface area contributed by atoms with Crippen molar-refractivity contribution < 1.29 is 59.0 Å². The Morgan fingerprint density at radius 2 is 1.43 bits per heavy atom. The first-order valence-electron chi connectivity index (χ1n) is 0.765. The minimum atomic E-state index is -4.89. The first-order chi connectivity index (χ1) is 2.00. The van der Waals surface area contributed by atoms with Crippen molar-refractivity contribution in [2.75, 3.05) is 0 Å². The van der Waals surface area contributed by atoms with Gasteiger partial charge in [0.25, 0.3) is 7.82 Å². The van der Waals surface area contributed by atoms with Gasteiger partial charge in [0.1, 0.15) is 0 Å². The topological polar surface area (TPSA) is 80.6 Å². The van der Waals surface area contributed by atoms with Crippen molar-refractivity contribution in [2.24, 2.45) is 0 Å². The van der Waals surface area contributed by atoms with E-state index in [1.54, 1.807) is 0 Å². The van der Waals surface area contributed by atoms with Crippen LogP contribution in [0, 0.1) is 0 Å². The van der Waals surface area contributed by atoms with E-state index in [0.29, 0.717) is 0 Å². The first kappa shape index (κ1) is 15.8. The van der Waals surface area contributed by atoms with Crippen LogP contribution in [0.15, 0.2) is 0 Å². The summed E-state index contributed by atoms with van der Waals surface area (Å²) in [5, 5.41) is 0. The average Bonchev–Trinajstić information content (AvgIpc) is 0.722. The molecule has 0 spiro atoms. The van der Waals surface area contributed by atoms with Gasteiger partial charge in [0.2, 0.25) is 0 Å². The minimum Gasteiger partial charge on any atom is -1.00 e. The smallest absolute Gasteiger partial charge is 1.00 e. The van der Waals surface area contributed by atoms with Crippen molar-refractivity contribution in [1.82, 2.24) is 0 Å². The fourth-order valence-corrected chi connectivity index (χ4v) is 0. The summed E-state index contributed by atoms with van der Waals surface area (Å²) < 4.78 is 8.77. The standard InChI is InChI=1S/Cd.ClH.H3O4P/c;;1-5(2,3)4/h;1H;(H3,1,2,3,4)/q+2;;/p-2.